The largest absolute Gasteiger partial charge is 0.293 e. The number of fused-ring (bicyclic) bond motifs is 1. The van der Waals surface area contributed by atoms with Crippen LogP contribution in [-0.4, -0.2) is 26.5 Å². The lowest BCUT2D eigenvalue weighted by Crippen LogP contribution is -2.22. The van der Waals surface area contributed by atoms with Gasteiger partial charge in [0.05, 0.1) is 6.54 Å². The highest BCUT2D eigenvalue weighted by molar-refractivity contribution is 9.10. The summed E-state index contributed by atoms with van der Waals surface area (Å²) in [6.45, 7) is 4.64. The van der Waals surface area contributed by atoms with Gasteiger partial charge in [-0.05, 0) is 32.5 Å². The predicted octanol–water partition coefficient (Wildman–Crippen LogP) is 3.41. The molecule has 0 aliphatic carbocycles. The molecule has 2 aromatic heterocycles. The summed E-state index contributed by atoms with van der Waals surface area (Å²) in [5.41, 5.74) is 1.82. The third-order valence-corrected chi connectivity index (χ3v) is 5.43. The van der Waals surface area contributed by atoms with E-state index >= 15 is 0 Å². The van der Waals surface area contributed by atoms with Crippen LogP contribution < -0.4 is 5.56 Å². The normalized spacial score (nSPS) is 12.9. The van der Waals surface area contributed by atoms with Crippen LogP contribution in [0.3, 0.4) is 0 Å². The van der Waals surface area contributed by atoms with Crippen LogP contribution in [-0.2, 0) is 6.54 Å². The first-order valence-electron chi connectivity index (χ1n) is 7.27. The minimum Gasteiger partial charge on any atom is -0.293 e. The highest BCUT2D eigenvalue weighted by Gasteiger charge is 2.17. The third-order valence-electron chi connectivity index (χ3n) is 3.82. The lowest BCUT2D eigenvalue weighted by Gasteiger charge is -2.24. The molecule has 0 aliphatic heterocycles. The molecule has 0 saturated carbocycles. The molecule has 0 saturated heterocycles. The summed E-state index contributed by atoms with van der Waals surface area (Å²) < 4.78 is 2.47. The molecule has 0 radical (unpaired) electrons. The smallest absolute Gasteiger partial charge is 0.275 e. The SMILES string of the molecule is Cc1cc(=O)n2nc(CN(C)C(C)c3ccccc3Br)sc2n1. The van der Waals surface area contributed by atoms with Crippen LogP contribution in [0.15, 0.2) is 39.6 Å². The topological polar surface area (TPSA) is 50.5 Å². The molecule has 23 heavy (non-hydrogen) atoms. The van der Waals surface area contributed by atoms with Gasteiger partial charge in [-0.3, -0.25) is 9.69 Å². The minimum atomic E-state index is -0.128. The van der Waals surface area contributed by atoms with Crippen molar-refractivity contribution in [1.29, 1.82) is 0 Å². The molecule has 1 atom stereocenters. The number of halogens is 1. The van der Waals surface area contributed by atoms with Gasteiger partial charge in [0, 0.05) is 22.3 Å². The molecule has 5 nitrogen and oxygen atoms in total. The number of aromatic nitrogens is 3. The van der Waals surface area contributed by atoms with E-state index in [4.69, 9.17) is 0 Å². The summed E-state index contributed by atoms with van der Waals surface area (Å²) in [5.74, 6) is 0. The number of hydrogen-bond acceptors (Lipinski definition) is 5. The van der Waals surface area contributed by atoms with Gasteiger partial charge >= 0.3 is 0 Å². The molecule has 2 heterocycles. The number of nitrogens with zero attached hydrogens (tertiary/aromatic N) is 4. The first kappa shape index (κ1) is 16.3. The molecule has 0 amide bonds. The zero-order valence-corrected chi connectivity index (χ0v) is 15.6. The second-order valence-electron chi connectivity index (χ2n) is 5.54. The first-order valence-corrected chi connectivity index (χ1v) is 8.87. The number of benzene rings is 1. The Balaban J connectivity index is 1.85. The van der Waals surface area contributed by atoms with Crippen molar-refractivity contribution in [3.63, 3.8) is 0 Å². The molecular weight excluding hydrogens is 376 g/mol. The summed E-state index contributed by atoms with van der Waals surface area (Å²) in [6.07, 6.45) is 0. The molecule has 7 heteroatoms. The van der Waals surface area contributed by atoms with Crippen LogP contribution >= 0.6 is 27.3 Å². The second-order valence-corrected chi connectivity index (χ2v) is 7.43. The van der Waals surface area contributed by atoms with Gasteiger partial charge in [-0.25, -0.2) is 4.98 Å². The minimum absolute atomic E-state index is 0.128. The Morgan fingerprint density at radius 1 is 1.39 bits per heavy atom. The molecule has 0 aliphatic rings. The molecule has 0 N–H and O–H groups in total. The zero-order valence-electron chi connectivity index (χ0n) is 13.2. The molecule has 0 bridgehead atoms. The zero-order chi connectivity index (χ0) is 16.6. The molecule has 3 rings (SSSR count). The maximum Gasteiger partial charge on any atom is 0.275 e. The van der Waals surface area contributed by atoms with E-state index in [1.165, 1.54) is 27.5 Å². The van der Waals surface area contributed by atoms with Crippen LogP contribution in [0.5, 0.6) is 0 Å². The Bertz CT molecular complexity index is 904. The molecule has 0 fully saturated rings. The Morgan fingerprint density at radius 3 is 2.87 bits per heavy atom. The van der Waals surface area contributed by atoms with E-state index in [0.717, 1.165) is 15.2 Å². The van der Waals surface area contributed by atoms with Crippen LogP contribution in [0.4, 0.5) is 0 Å². The van der Waals surface area contributed by atoms with Crippen molar-refractivity contribution >= 4 is 32.2 Å². The van der Waals surface area contributed by atoms with Gasteiger partial charge in [0.2, 0.25) is 4.96 Å². The van der Waals surface area contributed by atoms with Gasteiger partial charge in [-0.2, -0.15) is 9.61 Å². The van der Waals surface area contributed by atoms with E-state index in [0.29, 0.717) is 11.5 Å². The Labute approximate surface area is 146 Å². The average molecular weight is 393 g/mol. The van der Waals surface area contributed by atoms with Crippen molar-refractivity contribution < 1.29 is 0 Å². The summed E-state index contributed by atoms with van der Waals surface area (Å²) in [4.78, 5) is 19.2. The summed E-state index contributed by atoms with van der Waals surface area (Å²) >= 11 is 5.06. The molecule has 120 valence electrons. The standard InChI is InChI=1S/C16H17BrN4OS/c1-10-8-15(22)21-16(18-10)23-14(19-21)9-20(3)11(2)12-6-4-5-7-13(12)17/h4-8,11H,9H2,1-3H3. The van der Waals surface area contributed by atoms with Crippen molar-refractivity contribution in [1.82, 2.24) is 19.5 Å². The highest BCUT2D eigenvalue weighted by Crippen LogP contribution is 2.28. The number of rotatable bonds is 4. The predicted molar refractivity (Wildman–Crippen MR) is 95.9 cm³/mol. The quantitative estimate of drug-likeness (QED) is 0.682. The summed E-state index contributed by atoms with van der Waals surface area (Å²) in [6, 6.07) is 9.93. The average Bonchev–Trinajstić information content (AvgIpc) is 2.89. The highest BCUT2D eigenvalue weighted by atomic mass is 79.9. The van der Waals surface area contributed by atoms with Gasteiger partial charge in [-0.1, -0.05) is 45.5 Å². The fourth-order valence-electron chi connectivity index (χ4n) is 2.43. The molecular formula is C16H17BrN4OS. The van der Waals surface area contributed by atoms with E-state index in [1.54, 1.807) is 0 Å². The first-order chi connectivity index (χ1) is 11.0. The Hall–Kier alpha value is -1.57. The third kappa shape index (κ3) is 3.36. The number of aryl methyl sites for hydroxylation is 1. The number of hydrogen-bond donors (Lipinski definition) is 0. The van der Waals surface area contributed by atoms with Gasteiger partial charge < -0.3 is 0 Å². The van der Waals surface area contributed by atoms with Gasteiger partial charge in [0.15, 0.2) is 0 Å². The van der Waals surface area contributed by atoms with E-state index in [2.05, 4.69) is 51.0 Å². The molecule has 1 aromatic carbocycles. The Kier molecular flexibility index (Phi) is 4.61. The molecule has 3 aromatic rings. The van der Waals surface area contributed by atoms with E-state index < -0.39 is 0 Å². The molecule has 1 unspecified atom stereocenters. The lowest BCUT2D eigenvalue weighted by molar-refractivity contribution is 0.251. The van der Waals surface area contributed by atoms with Crippen LogP contribution in [0, 0.1) is 6.92 Å². The van der Waals surface area contributed by atoms with Gasteiger partial charge in [0.1, 0.15) is 5.01 Å². The fourth-order valence-corrected chi connectivity index (χ4v) is 4.05. The van der Waals surface area contributed by atoms with Gasteiger partial charge in [-0.15, -0.1) is 0 Å². The van der Waals surface area contributed by atoms with Crippen molar-refractivity contribution in [3.8, 4) is 0 Å². The monoisotopic (exact) mass is 392 g/mol. The van der Waals surface area contributed by atoms with Crippen LogP contribution in [0.25, 0.3) is 4.96 Å². The summed E-state index contributed by atoms with van der Waals surface area (Å²) in [7, 11) is 2.05. The van der Waals surface area contributed by atoms with Gasteiger partial charge in [0.25, 0.3) is 5.56 Å². The fraction of sp³-hybridized carbons (Fsp3) is 0.312. The summed E-state index contributed by atoms with van der Waals surface area (Å²) in [5, 5.41) is 5.28. The van der Waals surface area contributed by atoms with Crippen molar-refractivity contribution in [3.05, 3.63) is 61.4 Å². The van der Waals surface area contributed by atoms with E-state index in [1.807, 2.05) is 25.1 Å². The molecule has 0 spiro atoms. The maximum atomic E-state index is 11.9. The van der Waals surface area contributed by atoms with Crippen molar-refractivity contribution in [2.75, 3.05) is 7.05 Å². The van der Waals surface area contributed by atoms with E-state index in [-0.39, 0.29) is 11.6 Å². The van der Waals surface area contributed by atoms with Crippen LogP contribution in [0.2, 0.25) is 0 Å². The lowest BCUT2D eigenvalue weighted by atomic mass is 10.1. The van der Waals surface area contributed by atoms with Crippen molar-refractivity contribution in [2.45, 2.75) is 26.4 Å². The van der Waals surface area contributed by atoms with Crippen LogP contribution in [0.1, 0.15) is 29.2 Å². The van der Waals surface area contributed by atoms with E-state index in [9.17, 15) is 4.79 Å². The Morgan fingerprint density at radius 2 is 2.13 bits per heavy atom. The maximum absolute atomic E-state index is 11.9. The second kappa shape index (κ2) is 6.51. The van der Waals surface area contributed by atoms with Crippen molar-refractivity contribution in [2.24, 2.45) is 0 Å².